The second-order valence-electron chi connectivity index (χ2n) is 5.40. The summed E-state index contributed by atoms with van der Waals surface area (Å²) >= 11 is 1.30. The molecule has 3 aromatic rings. The van der Waals surface area contributed by atoms with Crippen LogP contribution in [0.5, 0.6) is 0 Å². The molecule has 0 radical (unpaired) electrons. The Kier molecular flexibility index (Phi) is 5.59. The number of thiazole rings is 1. The molecule has 2 aromatic carbocycles. The van der Waals surface area contributed by atoms with E-state index in [2.05, 4.69) is 16.4 Å². The van der Waals surface area contributed by atoms with Crippen molar-refractivity contribution in [1.29, 1.82) is 5.26 Å². The van der Waals surface area contributed by atoms with E-state index in [-0.39, 0.29) is 5.82 Å². The van der Waals surface area contributed by atoms with Crippen molar-refractivity contribution in [2.75, 3.05) is 12.4 Å². The van der Waals surface area contributed by atoms with E-state index < -0.39 is 5.97 Å². The Morgan fingerprint density at radius 3 is 2.70 bits per heavy atom. The average Bonchev–Trinajstić information content (AvgIpc) is 3.18. The molecule has 0 atom stereocenters. The van der Waals surface area contributed by atoms with E-state index >= 15 is 0 Å². The molecule has 0 spiro atoms. The van der Waals surface area contributed by atoms with E-state index in [1.54, 1.807) is 41.8 Å². The molecule has 1 heterocycles. The van der Waals surface area contributed by atoms with Gasteiger partial charge < -0.3 is 10.1 Å². The van der Waals surface area contributed by atoms with Crippen molar-refractivity contribution in [3.8, 4) is 17.3 Å². The molecule has 0 aliphatic rings. The van der Waals surface area contributed by atoms with Gasteiger partial charge >= 0.3 is 5.97 Å². The number of halogens is 1. The molecule has 5 nitrogen and oxygen atoms in total. The van der Waals surface area contributed by atoms with Crippen LogP contribution in [0, 0.1) is 17.1 Å². The first-order chi connectivity index (χ1) is 13.1. The van der Waals surface area contributed by atoms with Crippen LogP contribution in [0.3, 0.4) is 0 Å². The fraction of sp³-hybridized carbons (Fsp3) is 0.0500. The second-order valence-corrected chi connectivity index (χ2v) is 6.25. The minimum atomic E-state index is -0.474. The van der Waals surface area contributed by atoms with Gasteiger partial charge in [-0.2, -0.15) is 5.26 Å². The number of carbonyl (C=O) groups is 1. The van der Waals surface area contributed by atoms with Gasteiger partial charge in [-0.15, -0.1) is 11.3 Å². The molecule has 7 heteroatoms. The quantitative estimate of drug-likeness (QED) is 0.513. The van der Waals surface area contributed by atoms with E-state index in [4.69, 9.17) is 4.74 Å². The third-order valence-electron chi connectivity index (χ3n) is 3.70. The number of nitrogens with zero attached hydrogens (tertiary/aromatic N) is 2. The van der Waals surface area contributed by atoms with Crippen LogP contribution >= 0.6 is 11.3 Å². The minimum absolute atomic E-state index is 0.313. The predicted octanol–water partition coefficient (Wildman–Crippen LogP) is 4.71. The Hall–Kier alpha value is -3.50. The highest BCUT2D eigenvalue weighted by Gasteiger charge is 2.12. The number of benzene rings is 2. The number of carbonyl (C=O) groups excluding carboxylic acids is 1. The van der Waals surface area contributed by atoms with Gasteiger partial charge in [0.2, 0.25) is 0 Å². The van der Waals surface area contributed by atoms with Gasteiger partial charge in [-0.1, -0.05) is 12.1 Å². The van der Waals surface area contributed by atoms with Gasteiger partial charge in [0.15, 0.2) is 0 Å². The lowest BCUT2D eigenvalue weighted by Crippen LogP contribution is -2.05. The highest BCUT2D eigenvalue weighted by molar-refractivity contribution is 7.11. The van der Waals surface area contributed by atoms with E-state index in [1.807, 2.05) is 0 Å². The van der Waals surface area contributed by atoms with Crippen molar-refractivity contribution in [1.82, 2.24) is 4.98 Å². The molecule has 27 heavy (non-hydrogen) atoms. The third kappa shape index (κ3) is 4.19. The van der Waals surface area contributed by atoms with Gasteiger partial charge in [-0.25, -0.2) is 14.2 Å². The number of anilines is 1. The third-order valence-corrected chi connectivity index (χ3v) is 4.57. The molecule has 1 N–H and O–H groups in total. The van der Waals surface area contributed by atoms with Crippen molar-refractivity contribution in [2.45, 2.75) is 0 Å². The van der Waals surface area contributed by atoms with Crippen molar-refractivity contribution in [2.24, 2.45) is 0 Å². The normalized spacial score (nSPS) is 10.9. The summed E-state index contributed by atoms with van der Waals surface area (Å²) < 4.78 is 17.8. The van der Waals surface area contributed by atoms with Gasteiger partial charge in [0.05, 0.1) is 24.1 Å². The van der Waals surface area contributed by atoms with Crippen molar-refractivity contribution in [3.05, 3.63) is 76.5 Å². The summed E-state index contributed by atoms with van der Waals surface area (Å²) in [5.74, 6) is -0.793. The summed E-state index contributed by atoms with van der Waals surface area (Å²) in [4.78, 5) is 16.3. The number of nitrogens with one attached hydrogen (secondary N) is 1. The number of rotatable bonds is 5. The summed E-state index contributed by atoms with van der Waals surface area (Å²) in [7, 11) is 1.31. The summed E-state index contributed by atoms with van der Waals surface area (Å²) in [5, 5.41) is 14.7. The SMILES string of the molecule is COC(=O)c1ccccc1N/C=C(\C#N)c1nc(-c2ccc(F)cc2)cs1. The van der Waals surface area contributed by atoms with Crippen LogP contribution in [0.15, 0.2) is 60.1 Å². The maximum absolute atomic E-state index is 13.1. The average molecular weight is 379 g/mol. The first-order valence-corrected chi connectivity index (χ1v) is 8.76. The van der Waals surface area contributed by atoms with Gasteiger partial charge in [0.1, 0.15) is 22.5 Å². The maximum Gasteiger partial charge on any atom is 0.339 e. The maximum atomic E-state index is 13.1. The predicted molar refractivity (Wildman–Crippen MR) is 103 cm³/mol. The Morgan fingerprint density at radius 1 is 1.26 bits per heavy atom. The summed E-state index contributed by atoms with van der Waals surface area (Å²) in [6.45, 7) is 0. The topological polar surface area (TPSA) is 75.0 Å². The molecule has 0 unspecified atom stereocenters. The summed E-state index contributed by atoms with van der Waals surface area (Å²) in [6.07, 6.45) is 1.50. The van der Waals surface area contributed by atoms with E-state index in [9.17, 15) is 14.4 Å². The van der Waals surface area contributed by atoms with Crippen LogP contribution in [0.25, 0.3) is 16.8 Å². The molecule has 1 aromatic heterocycles. The van der Waals surface area contributed by atoms with E-state index in [0.717, 1.165) is 5.56 Å². The Bertz CT molecular complexity index is 1040. The van der Waals surface area contributed by atoms with Gasteiger partial charge in [-0.05, 0) is 36.4 Å². The van der Waals surface area contributed by atoms with Crippen molar-refractivity contribution < 1.29 is 13.9 Å². The number of hydrogen-bond acceptors (Lipinski definition) is 6. The van der Waals surface area contributed by atoms with Gasteiger partial charge in [0, 0.05) is 17.1 Å². The smallest absolute Gasteiger partial charge is 0.339 e. The molecular formula is C20H14FN3O2S. The molecular weight excluding hydrogens is 365 g/mol. The van der Waals surface area contributed by atoms with Crippen LogP contribution in [0.2, 0.25) is 0 Å². The fourth-order valence-corrected chi connectivity index (χ4v) is 3.13. The number of aromatic nitrogens is 1. The van der Waals surface area contributed by atoms with Crippen molar-refractivity contribution in [3.63, 3.8) is 0 Å². The zero-order chi connectivity index (χ0) is 19.2. The van der Waals surface area contributed by atoms with Crippen LogP contribution < -0.4 is 5.32 Å². The molecule has 0 fully saturated rings. The summed E-state index contributed by atoms with van der Waals surface area (Å²) in [6, 6.07) is 14.9. The highest BCUT2D eigenvalue weighted by atomic mass is 32.1. The molecule has 0 bridgehead atoms. The Labute approximate surface area is 159 Å². The zero-order valence-corrected chi connectivity index (χ0v) is 15.1. The number of esters is 1. The Morgan fingerprint density at radius 2 is 2.00 bits per heavy atom. The molecule has 0 aliphatic heterocycles. The standard InChI is InChI=1S/C20H14FN3O2S/c1-26-20(25)16-4-2-3-5-17(16)23-11-14(10-22)19-24-18(12-27-19)13-6-8-15(21)9-7-13/h2-9,11-12,23H,1H3/b14-11+. The van der Waals surface area contributed by atoms with Crippen molar-refractivity contribution >= 4 is 28.6 Å². The number of methoxy groups -OCH3 is 1. The molecule has 0 saturated carbocycles. The molecule has 0 aliphatic carbocycles. The minimum Gasteiger partial charge on any atom is -0.465 e. The monoisotopic (exact) mass is 379 g/mol. The van der Waals surface area contributed by atoms with Crippen LogP contribution in [0.4, 0.5) is 10.1 Å². The van der Waals surface area contributed by atoms with Gasteiger partial charge in [0.25, 0.3) is 0 Å². The lowest BCUT2D eigenvalue weighted by Gasteiger charge is -2.07. The Balaban J connectivity index is 1.85. The number of ether oxygens (including phenoxy) is 1. The molecule has 134 valence electrons. The van der Waals surface area contributed by atoms with E-state index in [0.29, 0.717) is 27.5 Å². The zero-order valence-electron chi connectivity index (χ0n) is 14.3. The molecule has 0 saturated heterocycles. The number of hydrogen-bond donors (Lipinski definition) is 1. The van der Waals surface area contributed by atoms with Crippen LogP contribution in [-0.2, 0) is 4.74 Å². The summed E-state index contributed by atoms with van der Waals surface area (Å²) in [5.41, 5.74) is 2.62. The number of allylic oxidation sites excluding steroid dienone is 1. The first kappa shape index (κ1) is 18.3. The highest BCUT2D eigenvalue weighted by Crippen LogP contribution is 2.26. The van der Waals surface area contributed by atoms with E-state index in [1.165, 1.54) is 36.8 Å². The first-order valence-electron chi connectivity index (χ1n) is 7.88. The van der Waals surface area contributed by atoms with Crippen LogP contribution in [-0.4, -0.2) is 18.1 Å². The van der Waals surface area contributed by atoms with Gasteiger partial charge in [-0.3, -0.25) is 0 Å². The second kappa shape index (κ2) is 8.25. The van der Waals surface area contributed by atoms with Crippen LogP contribution in [0.1, 0.15) is 15.4 Å². The lowest BCUT2D eigenvalue weighted by molar-refractivity contribution is 0.0602. The number of para-hydroxylation sites is 1. The molecule has 3 rings (SSSR count). The number of nitriles is 1. The largest absolute Gasteiger partial charge is 0.465 e. The molecule has 0 amide bonds. The lowest BCUT2D eigenvalue weighted by atomic mass is 10.1. The fourth-order valence-electron chi connectivity index (χ4n) is 2.34.